The second-order valence-corrected chi connectivity index (χ2v) is 15.3. The Kier molecular flexibility index (Phi) is 14.9. The fourth-order valence-electron chi connectivity index (χ4n) is 6.28. The van der Waals surface area contributed by atoms with Crippen LogP contribution in [-0.2, 0) is 28.5 Å². The molecule has 3 heterocycles. The Balaban J connectivity index is 1.82. The normalized spacial score (nSPS) is 34.2. The first-order valence-corrected chi connectivity index (χ1v) is 17.9. The third kappa shape index (κ3) is 12.1. The predicted octanol–water partition coefficient (Wildman–Crippen LogP) is 4.25. The lowest BCUT2D eigenvalue weighted by atomic mass is 9.88. The van der Waals surface area contributed by atoms with Crippen LogP contribution in [0.3, 0.4) is 0 Å². The summed E-state index contributed by atoms with van der Waals surface area (Å²) in [6, 6.07) is 0. The van der Waals surface area contributed by atoms with Crippen LogP contribution in [0.25, 0.3) is 0 Å². The van der Waals surface area contributed by atoms with Gasteiger partial charge in [0.2, 0.25) is 0 Å². The van der Waals surface area contributed by atoms with Gasteiger partial charge >= 0.3 is 18.0 Å². The lowest BCUT2D eigenvalue weighted by Gasteiger charge is -2.38. The van der Waals surface area contributed by atoms with E-state index in [2.05, 4.69) is 26.0 Å². The van der Waals surface area contributed by atoms with Crippen LogP contribution in [0.4, 0.5) is 4.79 Å². The van der Waals surface area contributed by atoms with Gasteiger partial charge in [0.05, 0.1) is 36.4 Å². The van der Waals surface area contributed by atoms with Crippen molar-refractivity contribution in [2.45, 2.75) is 128 Å². The number of ether oxygens (including phenoxy) is 4. The largest absolute Gasteiger partial charge is 0.457 e. The van der Waals surface area contributed by atoms with Crippen molar-refractivity contribution in [2.75, 3.05) is 26.2 Å². The number of carbonyl (C=O) groups is 3. The van der Waals surface area contributed by atoms with Crippen molar-refractivity contribution in [3.05, 3.63) is 36.0 Å². The molecule has 0 aliphatic carbocycles. The molecule has 1 amide bonds. The topological polar surface area (TPSA) is 159 Å². The van der Waals surface area contributed by atoms with Crippen LogP contribution < -0.4 is 0 Å². The van der Waals surface area contributed by atoms with Gasteiger partial charge in [-0.3, -0.25) is 9.59 Å². The zero-order valence-electron chi connectivity index (χ0n) is 29.3. The lowest BCUT2D eigenvalue weighted by molar-refractivity contribution is -0.168. The fourth-order valence-corrected chi connectivity index (χ4v) is 6.71. The summed E-state index contributed by atoms with van der Waals surface area (Å²) in [4.78, 5) is 40.1. The second-order valence-electron chi connectivity index (χ2n) is 14.0. The molecular weight excluding hydrogens is 735 g/mol. The van der Waals surface area contributed by atoms with Gasteiger partial charge in [-0.05, 0) is 51.7 Å². The van der Waals surface area contributed by atoms with E-state index in [-0.39, 0.29) is 37.4 Å². The number of aliphatic hydroxyl groups excluding tert-OH is 2. The molecule has 272 valence electrons. The summed E-state index contributed by atoms with van der Waals surface area (Å²) in [5.74, 6) is -1.57. The number of hydrogen-bond acceptors (Lipinski definition) is 11. The van der Waals surface area contributed by atoms with Gasteiger partial charge in [-0.15, -0.1) is 0 Å². The first-order valence-electron chi connectivity index (χ1n) is 17.0. The van der Waals surface area contributed by atoms with E-state index in [0.29, 0.717) is 44.6 Å². The van der Waals surface area contributed by atoms with E-state index in [0.717, 1.165) is 0 Å². The van der Waals surface area contributed by atoms with Gasteiger partial charge in [0.25, 0.3) is 0 Å². The second kappa shape index (κ2) is 17.8. The fraction of sp³-hybridized carbons (Fsp3) is 0.743. The Morgan fingerprint density at radius 3 is 2.52 bits per heavy atom. The molecule has 0 aromatic heterocycles. The molecule has 48 heavy (non-hydrogen) atoms. The molecule has 0 bridgehead atoms. The van der Waals surface area contributed by atoms with E-state index in [1.165, 1.54) is 6.92 Å². The molecule has 0 unspecified atom stereocenters. The maximum absolute atomic E-state index is 13.3. The Morgan fingerprint density at radius 2 is 1.90 bits per heavy atom. The van der Waals surface area contributed by atoms with Crippen LogP contribution in [0.15, 0.2) is 36.0 Å². The van der Waals surface area contributed by atoms with Gasteiger partial charge in [0.15, 0.2) is 6.10 Å². The number of rotatable bonds is 10. The summed E-state index contributed by atoms with van der Waals surface area (Å²) in [7, 11) is 0. The lowest BCUT2D eigenvalue weighted by Crippen LogP contribution is -2.50. The van der Waals surface area contributed by atoms with E-state index in [9.17, 15) is 29.7 Å². The summed E-state index contributed by atoms with van der Waals surface area (Å²) >= 11 is 2.22. The molecule has 12 nitrogen and oxygen atoms in total. The molecule has 10 atom stereocenters. The predicted molar refractivity (Wildman–Crippen MR) is 188 cm³/mol. The Bertz CT molecular complexity index is 1200. The highest BCUT2D eigenvalue weighted by Gasteiger charge is 2.47. The van der Waals surface area contributed by atoms with Crippen molar-refractivity contribution in [2.24, 2.45) is 11.8 Å². The summed E-state index contributed by atoms with van der Waals surface area (Å²) in [6.45, 7) is 14.6. The highest BCUT2D eigenvalue weighted by molar-refractivity contribution is 14.1. The number of hydrogen-bond donors (Lipinski definition) is 3. The number of cyclic esters (lactones) is 1. The number of esters is 2. The molecule has 2 saturated heterocycles. The minimum absolute atomic E-state index is 0.0211. The zero-order valence-corrected chi connectivity index (χ0v) is 31.5. The molecule has 13 heteroatoms. The maximum atomic E-state index is 13.3. The summed E-state index contributed by atoms with van der Waals surface area (Å²) in [6.07, 6.45) is 5.56. The molecule has 3 aliphatic heterocycles. The van der Waals surface area contributed by atoms with Gasteiger partial charge in [0, 0.05) is 74.2 Å². The highest BCUT2D eigenvalue weighted by Crippen LogP contribution is 2.38. The van der Waals surface area contributed by atoms with Crippen molar-refractivity contribution in [3.63, 3.8) is 0 Å². The molecule has 3 N–H and O–H groups in total. The van der Waals surface area contributed by atoms with Crippen molar-refractivity contribution < 1.29 is 48.7 Å². The van der Waals surface area contributed by atoms with Gasteiger partial charge in [-0.2, -0.15) is 0 Å². The van der Waals surface area contributed by atoms with E-state index in [1.807, 2.05) is 27.7 Å². The number of halogens is 1. The number of carbonyl (C=O) groups excluding carboxylic acids is 3. The SMILES string of the molecule is CC[C@H](O)[C@@H](C)[C@H]1O[C@@H]1C[C@@](C)(O)/C=C/C=C(\C)[C@H]1OC(=O)C[C@H](O)CC[C@@](C)(OC(C)=O)[C@@H](OC(=O)N2CCN(I)CC2)/C=C/[C@@H]1C. The number of aliphatic hydroxyl groups is 3. The molecule has 0 radical (unpaired) electrons. The first-order chi connectivity index (χ1) is 22.4. The maximum Gasteiger partial charge on any atom is 0.410 e. The molecule has 0 saturated carbocycles. The third-order valence-electron chi connectivity index (χ3n) is 9.43. The summed E-state index contributed by atoms with van der Waals surface area (Å²) in [5.41, 5.74) is -1.79. The highest BCUT2D eigenvalue weighted by atomic mass is 127. The monoisotopic (exact) mass is 790 g/mol. The van der Waals surface area contributed by atoms with Gasteiger partial charge < -0.3 is 39.2 Å². The molecule has 0 aromatic rings. The van der Waals surface area contributed by atoms with Crippen molar-refractivity contribution in [3.8, 4) is 0 Å². The van der Waals surface area contributed by atoms with E-state index in [1.54, 1.807) is 49.1 Å². The van der Waals surface area contributed by atoms with E-state index >= 15 is 0 Å². The summed E-state index contributed by atoms with van der Waals surface area (Å²) < 4.78 is 25.5. The zero-order chi connectivity index (χ0) is 35.8. The number of amides is 1. The average molecular weight is 791 g/mol. The molecule has 3 aliphatic rings. The molecule has 0 aromatic carbocycles. The molecule has 2 fully saturated rings. The Hall–Kier alpha value is -2.04. The van der Waals surface area contributed by atoms with Crippen LogP contribution in [0.1, 0.15) is 80.6 Å². The van der Waals surface area contributed by atoms with Crippen molar-refractivity contribution in [1.29, 1.82) is 0 Å². The Morgan fingerprint density at radius 1 is 1.23 bits per heavy atom. The van der Waals surface area contributed by atoms with Gasteiger partial charge in [0.1, 0.15) is 11.7 Å². The van der Waals surface area contributed by atoms with E-state index < -0.39 is 59.6 Å². The van der Waals surface area contributed by atoms with Crippen LogP contribution in [0.5, 0.6) is 0 Å². The molecule has 0 spiro atoms. The first kappa shape index (κ1) is 40.4. The van der Waals surface area contributed by atoms with E-state index in [4.69, 9.17) is 18.9 Å². The molecule has 3 rings (SSSR count). The van der Waals surface area contributed by atoms with Gasteiger partial charge in [-0.1, -0.05) is 45.1 Å². The third-order valence-corrected chi connectivity index (χ3v) is 10.4. The number of piperazine rings is 1. The standard InChI is InChI=1S/C35H55IN2O10/c1-8-27(41)24(4)32-28(45-32)21-34(6,44)14-9-10-22(2)31-23(3)11-12-29(46-33(43)37-16-18-38(36)19-17-37)35(7,48-25(5)39)15-13-26(40)20-30(42)47-31/h9-12,14,23-24,26-29,31-32,40-41,44H,8,13,15-21H2,1-7H3/b12-11+,14-9+,22-10+/t23-,24+,26+,27-,28+,29-,31+,32+,34-,35+/m0/s1. The minimum Gasteiger partial charge on any atom is -0.457 e. The molecular formula is C35H55IN2O10. The van der Waals surface area contributed by atoms with Crippen LogP contribution in [-0.4, -0.2) is 115 Å². The Labute approximate surface area is 299 Å². The van der Waals surface area contributed by atoms with Crippen molar-refractivity contribution >= 4 is 40.9 Å². The number of epoxide rings is 1. The number of allylic oxidation sites excluding steroid dienone is 2. The van der Waals surface area contributed by atoms with Crippen LogP contribution in [0.2, 0.25) is 0 Å². The summed E-state index contributed by atoms with van der Waals surface area (Å²) in [5, 5.41) is 31.9. The quantitative estimate of drug-likeness (QED) is 0.0553. The minimum atomic E-state index is -1.31. The van der Waals surface area contributed by atoms with Crippen LogP contribution >= 0.6 is 22.9 Å². The van der Waals surface area contributed by atoms with Crippen molar-refractivity contribution in [1.82, 2.24) is 8.01 Å². The average Bonchev–Trinajstić information content (AvgIpc) is 3.77. The smallest absolute Gasteiger partial charge is 0.410 e. The van der Waals surface area contributed by atoms with Gasteiger partial charge in [-0.25, -0.2) is 7.91 Å². The van der Waals surface area contributed by atoms with Crippen LogP contribution in [0, 0.1) is 11.8 Å². The number of nitrogens with zero attached hydrogens (tertiary/aromatic N) is 2.